The van der Waals surface area contributed by atoms with Crippen molar-refractivity contribution in [1.29, 1.82) is 0 Å². The first kappa shape index (κ1) is 39.4. The van der Waals surface area contributed by atoms with Crippen LogP contribution in [0.4, 0.5) is 0 Å². The Morgan fingerprint density at radius 1 is 0.429 bits per heavy atom. The van der Waals surface area contributed by atoms with Gasteiger partial charge in [-0.25, -0.2) is 0 Å². The minimum absolute atomic E-state index is 0.360. The van der Waals surface area contributed by atoms with E-state index in [0.29, 0.717) is 19.3 Å². The maximum atomic E-state index is 11.9. The molecule has 0 aliphatic carbocycles. The molecule has 0 bridgehead atoms. The van der Waals surface area contributed by atoms with Gasteiger partial charge in [-0.3, -0.25) is 9.59 Å². The first-order valence-corrected chi connectivity index (χ1v) is 16.9. The molecule has 4 heteroatoms. The van der Waals surface area contributed by atoms with E-state index in [1.807, 2.05) is 12.2 Å². The second-order valence-electron chi connectivity index (χ2n) is 11.2. The summed E-state index contributed by atoms with van der Waals surface area (Å²) in [6.45, 7) is 4.45. The van der Waals surface area contributed by atoms with Crippen LogP contribution in [0.15, 0.2) is 72.9 Å². The molecule has 0 spiro atoms. The van der Waals surface area contributed by atoms with Crippen molar-refractivity contribution in [2.45, 2.75) is 142 Å². The van der Waals surface area contributed by atoms with Crippen molar-refractivity contribution in [1.82, 2.24) is 0 Å². The van der Waals surface area contributed by atoms with Gasteiger partial charge in [-0.15, -0.1) is 0 Å². The molecular formula is C38H62O4. The Balaban J connectivity index is 4.13. The molecule has 0 aromatic heterocycles. The Hall–Kier alpha value is -2.62. The molecule has 2 N–H and O–H groups in total. The van der Waals surface area contributed by atoms with E-state index in [0.717, 1.165) is 57.8 Å². The predicted octanol–water partition coefficient (Wildman–Crippen LogP) is 11.6. The van der Waals surface area contributed by atoms with E-state index in [-0.39, 0.29) is 0 Å². The number of carboxylic acid groups (broad SMARTS) is 2. The molecule has 2 unspecified atom stereocenters. The summed E-state index contributed by atoms with van der Waals surface area (Å²) in [7, 11) is 0. The van der Waals surface area contributed by atoms with Crippen LogP contribution < -0.4 is 0 Å². The lowest BCUT2D eigenvalue weighted by Gasteiger charge is -2.20. The van der Waals surface area contributed by atoms with Gasteiger partial charge < -0.3 is 10.2 Å². The highest BCUT2D eigenvalue weighted by molar-refractivity contribution is 5.79. The van der Waals surface area contributed by atoms with Crippen LogP contribution >= 0.6 is 0 Å². The highest BCUT2D eigenvalue weighted by atomic mass is 16.4. The van der Waals surface area contributed by atoms with Crippen molar-refractivity contribution in [3.63, 3.8) is 0 Å². The lowest BCUT2D eigenvalue weighted by molar-refractivity contribution is -0.154. The third-order valence-electron chi connectivity index (χ3n) is 7.44. The van der Waals surface area contributed by atoms with E-state index in [1.165, 1.54) is 51.4 Å². The third kappa shape index (κ3) is 26.3. The summed E-state index contributed by atoms with van der Waals surface area (Å²) in [5, 5.41) is 19.4. The number of carbonyl (C=O) groups is 2. The average Bonchev–Trinajstić information content (AvgIpc) is 2.97. The van der Waals surface area contributed by atoms with E-state index < -0.39 is 23.8 Å². The zero-order valence-electron chi connectivity index (χ0n) is 26.9. The lowest BCUT2D eigenvalue weighted by Crippen LogP contribution is -2.29. The minimum Gasteiger partial charge on any atom is -0.481 e. The number of rotatable bonds is 29. The highest BCUT2D eigenvalue weighted by Crippen LogP contribution is 2.25. The van der Waals surface area contributed by atoms with Gasteiger partial charge in [0.15, 0.2) is 0 Å². The smallest absolute Gasteiger partial charge is 0.307 e. The van der Waals surface area contributed by atoms with E-state index in [9.17, 15) is 19.8 Å². The maximum Gasteiger partial charge on any atom is 0.307 e. The Kier molecular flexibility index (Phi) is 29.4. The zero-order chi connectivity index (χ0) is 30.9. The summed E-state index contributed by atoms with van der Waals surface area (Å²) in [6, 6.07) is 0. The van der Waals surface area contributed by atoms with Gasteiger partial charge in [-0.05, 0) is 83.5 Å². The van der Waals surface area contributed by atoms with E-state index in [1.54, 1.807) is 0 Å². The SMILES string of the molecule is CCCCC/C=C\C/C=C\C/C=C\C/C=C\CCC(C(=O)O)C(CCCCCC/C=C\C/C=C\CCCCC)C(=O)O. The Labute approximate surface area is 258 Å². The fraction of sp³-hybridized carbons (Fsp3) is 0.632. The minimum atomic E-state index is -0.997. The lowest BCUT2D eigenvalue weighted by atomic mass is 9.84. The van der Waals surface area contributed by atoms with Crippen molar-refractivity contribution in [2.24, 2.45) is 11.8 Å². The molecule has 0 radical (unpaired) electrons. The molecule has 0 aliphatic heterocycles. The molecule has 0 heterocycles. The number of carboxylic acids is 2. The number of hydrogen-bond donors (Lipinski definition) is 2. The molecule has 0 aliphatic rings. The fourth-order valence-electron chi connectivity index (χ4n) is 4.83. The first-order chi connectivity index (χ1) is 20.5. The molecule has 2 atom stereocenters. The molecule has 0 aromatic carbocycles. The number of hydrogen-bond acceptors (Lipinski definition) is 2. The highest BCUT2D eigenvalue weighted by Gasteiger charge is 2.32. The Morgan fingerprint density at radius 3 is 1.17 bits per heavy atom. The monoisotopic (exact) mass is 582 g/mol. The first-order valence-electron chi connectivity index (χ1n) is 16.9. The third-order valence-corrected chi connectivity index (χ3v) is 7.44. The molecule has 0 saturated heterocycles. The largest absolute Gasteiger partial charge is 0.481 e. The molecule has 0 aromatic rings. The van der Waals surface area contributed by atoms with Crippen molar-refractivity contribution < 1.29 is 19.8 Å². The van der Waals surface area contributed by atoms with Gasteiger partial charge >= 0.3 is 11.9 Å². The van der Waals surface area contributed by atoms with E-state index in [2.05, 4.69) is 74.6 Å². The van der Waals surface area contributed by atoms with Gasteiger partial charge in [0.25, 0.3) is 0 Å². The van der Waals surface area contributed by atoms with Crippen LogP contribution in [0.5, 0.6) is 0 Å². The van der Waals surface area contributed by atoms with Crippen molar-refractivity contribution >= 4 is 11.9 Å². The topological polar surface area (TPSA) is 74.6 Å². The van der Waals surface area contributed by atoms with Crippen molar-refractivity contribution in [3.05, 3.63) is 72.9 Å². The average molecular weight is 583 g/mol. The number of unbranched alkanes of at least 4 members (excludes halogenated alkanes) is 10. The zero-order valence-corrected chi connectivity index (χ0v) is 26.9. The van der Waals surface area contributed by atoms with Crippen LogP contribution in [0.1, 0.15) is 142 Å². The second kappa shape index (κ2) is 31.3. The normalized spacial score (nSPS) is 14.0. The van der Waals surface area contributed by atoms with Crippen LogP contribution in [0.3, 0.4) is 0 Å². The van der Waals surface area contributed by atoms with Gasteiger partial charge in [0.2, 0.25) is 0 Å². The van der Waals surface area contributed by atoms with Crippen molar-refractivity contribution in [2.75, 3.05) is 0 Å². The molecule has 0 fully saturated rings. The van der Waals surface area contributed by atoms with Gasteiger partial charge in [-0.1, -0.05) is 132 Å². The van der Waals surface area contributed by atoms with Crippen LogP contribution in [0, 0.1) is 11.8 Å². The Morgan fingerprint density at radius 2 is 0.762 bits per heavy atom. The fourth-order valence-corrected chi connectivity index (χ4v) is 4.83. The van der Waals surface area contributed by atoms with Crippen LogP contribution in [0.2, 0.25) is 0 Å². The van der Waals surface area contributed by atoms with Gasteiger partial charge in [0, 0.05) is 0 Å². The molecule has 0 rings (SSSR count). The number of allylic oxidation sites excluding steroid dienone is 12. The van der Waals surface area contributed by atoms with Crippen molar-refractivity contribution in [3.8, 4) is 0 Å². The molecular weight excluding hydrogens is 520 g/mol. The van der Waals surface area contributed by atoms with Gasteiger partial charge in [0.05, 0.1) is 11.8 Å². The quantitative estimate of drug-likeness (QED) is 0.0679. The van der Waals surface area contributed by atoms with Crippen LogP contribution in [-0.2, 0) is 9.59 Å². The molecule has 4 nitrogen and oxygen atoms in total. The van der Waals surface area contributed by atoms with Crippen LogP contribution in [0.25, 0.3) is 0 Å². The standard InChI is InChI=1S/C38H62O4/c1-3-5-7-9-11-13-15-17-19-20-22-24-26-28-30-32-34-36(38(41)42)35(37(39)40)33-31-29-27-25-23-21-18-16-14-12-10-8-6-4-2/h11-14,17-19,21-22,24,28,30,35-36H,3-10,15-16,20,23,25-27,29,31-34H2,1-2H3,(H,39,40)(H,41,42)/b13-11-,14-12-,19-17-,21-18-,24-22-,30-28-. The van der Waals surface area contributed by atoms with Gasteiger partial charge in [-0.2, -0.15) is 0 Å². The molecule has 0 saturated carbocycles. The van der Waals surface area contributed by atoms with Gasteiger partial charge in [0.1, 0.15) is 0 Å². The summed E-state index contributed by atoms with van der Waals surface area (Å²) in [4.78, 5) is 23.7. The summed E-state index contributed by atoms with van der Waals surface area (Å²) in [5.41, 5.74) is 0. The predicted molar refractivity (Wildman–Crippen MR) is 181 cm³/mol. The molecule has 42 heavy (non-hydrogen) atoms. The molecule has 238 valence electrons. The van der Waals surface area contributed by atoms with E-state index in [4.69, 9.17) is 0 Å². The molecule has 0 amide bonds. The summed E-state index contributed by atoms with van der Waals surface area (Å²) in [5.74, 6) is -3.65. The van der Waals surface area contributed by atoms with E-state index >= 15 is 0 Å². The second-order valence-corrected chi connectivity index (χ2v) is 11.2. The van der Waals surface area contributed by atoms with Crippen LogP contribution in [-0.4, -0.2) is 22.2 Å². The Bertz CT molecular complexity index is 815. The number of aliphatic carboxylic acids is 2. The maximum absolute atomic E-state index is 11.9. The summed E-state index contributed by atoms with van der Waals surface area (Å²) in [6.07, 6.45) is 46.0. The summed E-state index contributed by atoms with van der Waals surface area (Å²) >= 11 is 0. The summed E-state index contributed by atoms with van der Waals surface area (Å²) < 4.78 is 0.